The number of fused-ring (bicyclic) bond motifs is 1. The Balaban J connectivity index is 0.835. The zero-order valence-corrected chi connectivity index (χ0v) is 46.0. The number of carbonyl (C=O) groups excluding carboxylic acids is 1. The molecule has 4 fully saturated rings. The van der Waals surface area contributed by atoms with E-state index in [1.54, 1.807) is 4.90 Å². The number of hydrogen-bond donors (Lipinski definition) is 1. The van der Waals surface area contributed by atoms with E-state index in [0.29, 0.717) is 32.9 Å². The summed E-state index contributed by atoms with van der Waals surface area (Å²) in [7, 11) is 0. The molecule has 4 saturated heterocycles. The van der Waals surface area contributed by atoms with Crippen molar-refractivity contribution >= 4 is 6.09 Å². The van der Waals surface area contributed by atoms with Gasteiger partial charge in [0, 0.05) is 43.0 Å². The maximum absolute atomic E-state index is 13.4. The van der Waals surface area contributed by atoms with Gasteiger partial charge in [-0.15, -0.1) is 0 Å². The van der Waals surface area contributed by atoms with Gasteiger partial charge in [0.1, 0.15) is 31.0 Å². The Morgan fingerprint density at radius 1 is 0.538 bits per heavy atom. The molecule has 4 heterocycles. The number of unbranched alkanes of at least 4 members (excludes halogenated alkanes) is 2. The Labute approximate surface area is 461 Å². The van der Waals surface area contributed by atoms with Gasteiger partial charge < -0.3 is 62.1 Å². The van der Waals surface area contributed by atoms with Crippen LogP contribution in [0, 0.1) is 29.6 Å². The normalized spacial score (nSPS) is 31.0. The SMILES string of the molecule is CC1[C@H](OCCCCCN(Cc2ccccc2)C(=O)OCc2ccccc2)OC(COCc2ccccc2)[C@@H](O[C@@H]2OC(COCc3ccccc3)[C@H](O[C@H]3OC4COC(c5ccccc5)O[C@@H]4[C@H](O)C3C)[C@H](C)C2C)[C@@H]1C. The number of ether oxygens (including phenoxy) is 11. The summed E-state index contributed by atoms with van der Waals surface area (Å²) in [6.45, 7) is 13.9. The highest BCUT2D eigenvalue weighted by Crippen LogP contribution is 2.42. The van der Waals surface area contributed by atoms with Gasteiger partial charge in [0.15, 0.2) is 25.2 Å². The summed E-state index contributed by atoms with van der Waals surface area (Å²) >= 11 is 0. The molecule has 420 valence electrons. The zero-order chi connectivity index (χ0) is 54.2. The van der Waals surface area contributed by atoms with Crippen molar-refractivity contribution in [2.75, 3.05) is 33.0 Å². The van der Waals surface area contributed by atoms with Crippen LogP contribution in [0.25, 0.3) is 0 Å². The molecule has 7 unspecified atom stereocenters. The average Bonchev–Trinajstić information content (AvgIpc) is 3.51. The Bertz CT molecular complexity index is 2490. The van der Waals surface area contributed by atoms with E-state index in [0.717, 1.165) is 47.1 Å². The molecule has 0 bridgehead atoms. The lowest BCUT2D eigenvalue weighted by atomic mass is 9.82. The van der Waals surface area contributed by atoms with Crippen LogP contribution in [0.1, 0.15) is 88.0 Å². The molecule has 0 aromatic heterocycles. The molecular formula is C64H81NO13. The van der Waals surface area contributed by atoms with Crippen LogP contribution < -0.4 is 0 Å². The molecule has 4 aliphatic rings. The molecule has 5 aromatic rings. The Hall–Kier alpha value is -5.07. The van der Waals surface area contributed by atoms with Gasteiger partial charge in [-0.05, 0) is 53.4 Å². The van der Waals surface area contributed by atoms with E-state index in [4.69, 9.17) is 52.1 Å². The highest BCUT2D eigenvalue weighted by molar-refractivity contribution is 5.67. The van der Waals surface area contributed by atoms with Crippen LogP contribution in [0.3, 0.4) is 0 Å². The van der Waals surface area contributed by atoms with E-state index in [-0.39, 0.29) is 56.2 Å². The highest BCUT2D eigenvalue weighted by atomic mass is 16.8. The van der Waals surface area contributed by atoms with Crippen molar-refractivity contribution in [1.29, 1.82) is 0 Å². The fraction of sp³-hybridized carbons (Fsp3) is 0.516. The highest BCUT2D eigenvalue weighted by Gasteiger charge is 2.53. The molecule has 0 aliphatic carbocycles. The van der Waals surface area contributed by atoms with Crippen molar-refractivity contribution in [3.63, 3.8) is 0 Å². The van der Waals surface area contributed by atoms with Gasteiger partial charge >= 0.3 is 6.09 Å². The topological polar surface area (TPSA) is 142 Å². The minimum atomic E-state index is -0.863. The average molecular weight is 1070 g/mol. The third kappa shape index (κ3) is 15.4. The number of benzene rings is 5. The number of hydrogen-bond acceptors (Lipinski definition) is 13. The smallest absolute Gasteiger partial charge is 0.410 e. The molecule has 9 rings (SSSR count). The summed E-state index contributed by atoms with van der Waals surface area (Å²) in [5.41, 5.74) is 4.99. The van der Waals surface area contributed by atoms with Gasteiger partial charge in [-0.3, -0.25) is 0 Å². The van der Waals surface area contributed by atoms with Gasteiger partial charge in [-0.25, -0.2) is 4.79 Å². The van der Waals surface area contributed by atoms with Crippen LogP contribution in [0.5, 0.6) is 0 Å². The summed E-state index contributed by atoms with van der Waals surface area (Å²) in [5.74, 6) is -0.695. The lowest BCUT2D eigenvalue weighted by Gasteiger charge is -2.51. The van der Waals surface area contributed by atoms with E-state index in [9.17, 15) is 9.90 Å². The fourth-order valence-electron chi connectivity index (χ4n) is 10.9. The number of aliphatic hydroxyl groups excluding tert-OH is 1. The number of aliphatic hydroxyl groups is 1. The van der Waals surface area contributed by atoms with Crippen LogP contribution in [0.2, 0.25) is 0 Å². The van der Waals surface area contributed by atoms with Gasteiger partial charge in [-0.1, -0.05) is 186 Å². The van der Waals surface area contributed by atoms with E-state index < -0.39 is 73.8 Å². The second-order valence-electron chi connectivity index (χ2n) is 21.7. The summed E-state index contributed by atoms with van der Waals surface area (Å²) in [5, 5.41) is 11.8. The predicted molar refractivity (Wildman–Crippen MR) is 293 cm³/mol. The van der Waals surface area contributed by atoms with Crippen molar-refractivity contribution in [2.24, 2.45) is 29.6 Å². The first-order chi connectivity index (χ1) is 38.1. The molecule has 1 N–H and O–H groups in total. The molecule has 14 nitrogen and oxygen atoms in total. The maximum atomic E-state index is 13.4. The summed E-state index contributed by atoms with van der Waals surface area (Å²) in [6, 6.07) is 49.7. The van der Waals surface area contributed by atoms with Crippen molar-refractivity contribution < 1.29 is 62.0 Å². The van der Waals surface area contributed by atoms with E-state index in [1.807, 2.05) is 146 Å². The largest absolute Gasteiger partial charge is 0.445 e. The van der Waals surface area contributed by atoms with Gasteiger partial charge in [0.25, 0.3) is 0 Å². The molecule has 0 radical (unpaired) electrons. The van der Waals surface area contributed by atoms with Crippen molar-refractivity contribution in [3.8, 4) is 0 Å². The van der Waals surface area contributed by atoms with Crippen molar-refractivity contribution in [1.82, 2.24) is 4.90 Å². The second kappa shape index (κ2) is 28.9. The molecular weight excluding hydrogens is 991 g/mol. The van der Waals surface area contributed by atoms with Gasteiger partial charge in [0.2, 0.25) is 0 Å². The zero-order valence-electron chi connectivity index (χ0n) is 46.0. The third-order valence-electron chi connectivity index (χ3n) is 16.1. The Kier molecular flexibility index (Phi) is 21.3. The molecule has 4 aliphatic heterocycles. The molecule has 78 heavy (non-hydrogen) atoms. The molecule has 0 saturated carbocycles. The number of amides is 1. The van der Waals surface area contributed by atoms with Crippen LogP contribution in [-0.4, -0.2) is 111 Å². The summed E-state index contributed by atoms with van der Waals surface area (Å²) in [4.78, 5) is 15.2. The second-order valence-corrected chi connectivity index (χ2v) is 21.7. The minimum absolute atomic E-state index is 0.0114. The monoisotopic (exact) mass is 1070 g/mol. The summed E-state index contributed by atoms with van der Waals surface area (Å²) < 4.78 is 72.3. The summed E-state index contributed by atoms with van der Waals surface area (Å²) in [6.07, 6.45) is -4.30. The molecule has 5 aromatic carbocycles. The Morgan fingerprint density at radius 3 is 1.59 bits per heavy atom. The first-order valence-corrected chi connectivity index (χ1v) is 28.2. The molecule has 14 heteroatoms. The van der Waals surface area contributed by atoms with E-state index >= 15 is 0 Å². The van der Waals surface area contributed by atoms with Crippen molar-refractivity contribution in [3.05, 3.63) is 179 Å². The van der Waals surface area contributed by atoms with Gasteiger partial charge in [0.05, 0.1) is 51.3 Å². The first-order valence-electron chi connectivity index (χ1n) is 28.2. The van der Waals surface area contributed by atoms with Crippen LogP contribution >= 0.6 is 0 Å². The molecule has 16 atom stereocenters. The Morgan fingerprint density at radius 2 is 1.03 bits per heavy atom. The number of rotatable bonds is 24. The minimum Gasteiger partial charge on any atom is -0.445 e. The molecule has 1 amide bonds. The lowest BCUT2D eigenvalue weighted by Crippen LogP contribution is -2.62. The molecule has 0 spiro atoms. The fourth-order valence-corrected chi connectivity index (χ4v) is 10.9. The quantitative estimate of drug-likeness (QED) is 0.0587. The van der Waals surface area contributed by atoms with Crippen LogP contribution in [0.15, 0.2) is 152 Å². The maximum Gasteiger partial charge on any atom is 0.410 e. The predicted octanol–water partition coefficient (Wildman–Crippen LogP) is 11.0. The van der Waals surface area contributed by atoms with Gasteiger partial charge in [-0.2, -0.15) is 0 Å². The number of nitrogens with zero attached hydrogens (tertiary/aromatic N) is 1. The van der Waals surface area contributed by atoms with E-state index in [2.05, 4.69) is 39.8 Å². The standard InChI is InChI=1S/C64H81NO13/c1-43-45(3)60(70-35-23-11-22-34-65(36-48-24-12-6-13-25-48)64(67)72-39-51-30-18-9-19-31-51)73-53(40-68-37-49-26-14-7-15-27-49)57(43)76-61-46(4)44(2)58(54(74-61)41-69-38-50-28-16-8-17-29-50)77-62-47(5)56(66)59-55(75-62)42-71-63(78-59)52-32-20-10-21-33-52/h6-10,12-21,24-33,43-47,53-63,66H,11,22-23,34-42H2,1-5H3/t43-,44-,45?,46?,47?,53?,54?,55?,56-,57+,58-,59+,60-,61+,62-,63?/m1/s1. The lowest BCUT2D eigenvalue weighted by molar-refractivity contribution is -0.378. The van der Waals surface area contributed by atoms with Crippen LogP contribution in [-0.2, 0) is 78.5 Å². The number of carbonyl (C=O) groups is 1. The van der Waals surface area contributed by atoms with Crippen molar-refractivity contribution in [2.45, 2.75) is 148 Å². The first kappa shape index (κ1) is 57.6. The van der Waals surface area contributed by atoms with Crippen LogP contribution in [0.4, 0.5) is 4.79 Å². The third-order valence-corrected chi connectivity index (χ3v) is 16.1. The van der Waals surface area contributed by atoms with E-state index in [1.165, 1.54) is 0 Å².